The number of alkyl halides is 3. The predicted octanol–water partition coefficient (Wildman–Crippen LogP) is 6.25. The van der Waals surface area contributed by atoms with Gasteiger partial charge in [-0.1, -0.05) is 67.7 Å². The fraction of sp³-hybridized carbons (Fsp3) is 0.458. The molecular weight excluding hydrogens is 535 g/mol. The zero-order valence-electron chi connectivity index (χ0n) is 20.4. The molecule has 0 bridgehead atoms. The number of hydrogen-bond acceptors (Lipinski definition) is 7. The summed E-state index contributed by atoms with van der Waals surface area (Å²) >= 11 is 19.5. The van der Waals surface area contributed by atoms with E-state index in [2.05, 4.69) is 31.4 Å². The fourth-order valence-corrected chi connectivity index (χ4v) is 4.57. The van der Waals surface area contributed by atoms with E-state index in [0.717, 1.165) is 16.9 Å². The minimum Gasteiger partial charge on any atom is -0.462 e. The van der Waals surface area contributed by atoms with Crippen molar-refractivity contribution in [3.05, 3.63) is 51.4 Å². The van der Waals surface area contributed by atoms with Crippen molar-refractivity contribution in [2.75, 3.05) is 18.5 Å². The minimum absolute atomic E-state index is 0.0756. The molecule has 1 heterocycles. The Bertz CT molecular complexity index is 1070. The number of carbonyl (C=O) groups is 3. The molecule has 1 unspecified atom stereocenters. The van der Waals surface area contributed by atoms with Crippen LogP contribution in [0.3, 0.4) is 0 Å². The summed E-state index contributed by atoms with van der Waals surface area (Å²) in [7, 11) is 0. The molecule has 2 N–H and O–H groups in total. The maximum absolute atomic E-state index is 13.0. The number of benzene rings is 1. The van der Waals surface area contributed by atoms with Gasteiger partial charge in [-0.05, 0) is 49.4 Å². The molecule has 0 aliphatic heterocycles. The van der Waals surface area contributed by atoms with E-state index in [0.29, 0.717) is 11.1 Å². The van der Waals surface area contributed by atoms with Gasteiger partial charge in [-0.3, -0.25) is 4.79 Å². The molecule has 2 rings (SSSR count). The van der Waals surface area contributed by atoms with Gasteiger partial charge in [0, 0.05) is 5.56 Å². The second-order valence-electron chi connectivity index (χ2n) is 8.62. The van der Waals surface area contributed by atoms with Crippen LogP contribution in [0.1, 0.15) is 76.1 Å². The second kappa shape index (κ2) is 11.8. The SMILES string of the molecule is CCOC(=O)c1sc(NC(NC(=O)c2ccc(C(C)(C)C)cc2)C(Cl)(Cl)Cl)c(C(=O)OCC)c1C. The van der Waals surface area contributed by atoms with E-state index in [1.54, 1.807) is 32.9 Å². The molecule has 2 aromatic rings. The summed E-state index contributed by atoms with van der Waals surface area (Å²) in [5.41, 5.74) is 1.81. The molecule has 0 spiro atoms. The summed E-state index contributed by atoms with van der Waals surface area (Å²) in [5, 5.41) is 5.76. The molecule has 192 valence electrons. The summed E-state index contributed by atoms with van der Waals surface area (Å²) in [4.78, 5) is 38.2. The number of nitrogens with one attached hydrogen (secondary N) is 2. The number of rotatable bonds is 8. The van der Waals surface area contributed by atoms with E-state index in [1.807, 2.05) is 12.1 Å². The Labute approximate surface area is 224 Å². The first-order chi connectivity index (χ1) is 16.2. The Morgan fingerprint density at radius 3 is 2.00 bits per heavy atom. The number of halogens is 3. The number of anilines is 1. The third kappa shape index (κ3) is 7.49. The Balaban J connectivity index is 2.40. The molecule has 0 saturated heterocycles. The van der Waals surface area contributed by atoms with E-state index in [-0.39, 0.29) is 34.1 Å². The van der Waals surface area contributed by atoms with Crippen LogP contribution in [0.5, 0.6) is 0 Å². The zero-order chi connectivity index (χ0) is 26.6. The third-order valence-electron chi connectivity index (χ3n) is 4.98. The topological polar surface area (TPSA) is 93.7 Å². The van der Waals surface area contributed by atoms with Crippen molar-refractivity contribution in [1.29, 1.82) is 0 Å². The highest BCUT2D eigenvalue weighted by molar-refractivity contribution is 7.18. The Kier molecular flexibility index (Phi) is 9.87. The monoisotopic (exact) mass is 562 g/mol. The van der Waals surface area contributed by atoms with Crippen LogP contribution in [-0.4, -0.2) is 41.0 Å². The van der Waals surface area contributed by atoms with Crippen LogP contribution in [0.25, 0.3) is 0 Å². The van der Waals surface area contributed by atoms with Gasteiger partial charge in [0.15, 0.2) is 0 Å². The van der Waals surface area contributed by atoms with Crippen molar-refractivity contribution in [2.24, 2.45) is 0 Å². The van der Waals surface area contributed by atoms with Crippen LogP contribution in [0, 0.1) is 6.92 Å². The van der Waals surface area contributed by atoms with Gasteiger partial charge in [-0.25, -0.2) is 9.59 Å². The minimum atomic E-state index is -2.01. The molecule has 0 aliphatic carbocycles. The van der Waals surface area contributed by atoms with E-state index in [9.17, 15) is 14.4 Å². The molecule has 0 radical (unpaired) electrons. The number of amides is 1. The van der Waals surface area contributed by atoms with Gasteiger partial charge < -0.3 is 20.1 Å². The van der Waals surface area contributed by atoms with Crippen molar-refractivity contribution >= 4 is 69.0 Å². The number of carbonyl (C=O) groups excluding carboxylic acids is 3. The van der Waals surface area contributed by atoms with Crippen molar-refractivity contribution in [1.82, 2.24) is 5.32 Å². The summed E-state index contributed by atoms with van der Waals surface area (Å²) < 4.78 is 8.23. The first kappa shape index (κ1) is 29.2. The highest BCUT2D eigenvalue weighted by atomic mass is 35.6. The number of esters is 2. The van der Waals surface area contributed by atoms with E-state index in [4.69, 9.17) is 44.3 Å². The van der Waals surface area contributed by atoms with E-state index < -0.39 is 27.8 Å². The maximum Gasteiger partial charge on any atom is 0.348 e. The average molecular weight is 564 g/mol. The summed E-state index contributed by atoms with van der Waals surface area (Å²) in [6.07, 6.45) is -1.25. The van der Waals surface area contributed by atoms with Crippen molar-refractivity contribution in [3.8, 4) is 0 Å². The second-order valence-corrected chi connectivity index (χ2v) is 12.0. The van der Waals surface area contributed by atoms with Gasteiger partial charge in [0.1, 0.15) is 16.0 Å². The number of hydrogen-bond donors (Lipinski definition) is 2. The molecule has 11 heteroatoms. The van der Waals surface area contributed by atoms with Crippen molar-refractivity contribution in [3.63, 3.8) is 0 Å². The quantitative estimate of drug-likeness (QED) is 0.224. The van der Waals surface area contributed by atoms with Gasteiger partial charge in [0.2, 0.25) is 3.79 Å². The summed E-state index contributed by atoms with van der Waals surface area (Å²) in [6.45, 7) is 11.4. The van der Waals surface area contributed by atoms with Crippen LogP contribution in [0.4, 0.5) is 5.00 Å². The highest BCUT2D eigenvalue weighted by Crippen LogP contribution is 2.38. The largest absolute Gasteiger partial charge is 0.462 e. The van der Waals surface area contributed by atoms with Crippen LogP contribution in [0.2, 0.25) is 0 Å². The van der Waals surface area contributed by atoms with Gasteiger partial charge in [0.25, 0.3) is 5.91 Å². The zero-order valence-corrected chi connectivity index (χ0v) is 23.5. The van der Waals surface area contributed by atoms with Crippen LogP contribution < -0.4 is 10.6 Å². The van der Waals surface area contributed by atoms with Crippen LogP contribution in [-0.2, 0) is 14.9 Å². The van der Waals surface area contributed by atoms with Crippen molar-refractivity contribution in [2.45, 2.75) is 56.9 Å². The normalized spacial score (nSPS) is 12.6. The molecule has 0 saturated carbocycles. The summed E-state index contributed by atoms with van der Waals surface area (Å²) in [6, 6.07) is 7.09. The first-order valence-electron chi connectivity index (χ1n) is 10.9. The Morgan fingerprint density at radius 2 is 1.51 bits per heavy atom. The fourth-order valence-electron chi connectivity index (χ4n) is 3.12. The maximum atomic E-state index is 13.0. The lowest BCUT2D eigenvalue weighted by Crippen LogP contribution is -2.49. The molecule has 0 aliphatic rings. The van der Waals surface area contributed by atoms with Crippen molar-refractivity contribution < 1.29 is 23.9 Å². The standard InChI is InChI=1S/C24H29Cl3N2O5S/c1-7-33-20(31)16-13(3)17(21(32)34-8-2)35-19(16)29-22(24(25,26)27)28-18(30)14-9-11-15(12-10-14)23(4,5)6/h9-12,22,29H,7-8H2,1-6H3,(H,28,30). The Hall–Kier alpha value is -2.00. The average Bonchev–Trinajstić information content (AvgIpc) is 3.08. The molecule has 1 aromatic heterocycles. The van der Waals surface area contributed by atoms with Gasteiger partial charge in [-0.15, -0.1) is 11.3 Å². The molecule has 1 amide bonds. The van der Waals surface area contributed by atoms with Gasteiger partial charge in [-0.2, -0.15) is 0 Å². The van der Waals surface area contributed by atoms with Gasteiger partial charge >= 0.3 is 11.9 Å². The summed E-state index contributed by atoms with van der Waals surface area (Å²) in [5.74, 6) is -1.75. The first-order valence-corrected chi connectivity index (χ1v) is 12.9. The molecular formula is C24H29Cl3N2O5S. The molecule has 0 fully saturated rings. The number of thiophene rings is 1. The highest BCUT2D eigenvalue weighted by Gasteiger charge is 2.37. The lowest BCUT2D eigenvalue weighted by molar-refractivity contribution is 0.0527. The van der Waals surface area contributed by atoms with E-state index >= 15 is 0 Å². The van der Waals surface area contributed by atoms with Crippen LogP contribution in [0.15, 0.2) is 24.3 Å². The van der Waals surface area contributed by atoms with Gasteiger partial charge in [0.05, 0.1) is 18.8 Å². The van der Waals surface area contributed by atoms with E-state index in [1.165, 1.54) is 0 Å². The third-order valence-corrected chi connectivity index (χ3v) is 6.84. The molecule has 35 heavy (non-hydrogen) atoms. The molecule has 1 aromatic carbocycles. The molecule has 1 atom stereocenters. The number of ether oxygens (including phenoxy) is 2. The Morgan fingerprint density at radius 1 is 0.971 bits per heavy atom. The smallest absolute Gasteiger partial charge is 0.348 e. The lowest BCUT2D eigenvalue weighted by atomic mass is 9.87. The molecule has 7 nitrogen and oxygen atoms in total. The van der Waals surface area contributed by atoms with Crippen LogP contribution >= 0.6 is 46.1 Å². The lowest BCUT2D eigenvalue weighted by Gasteiger charge is -2.27. The predicted molar refractivity (Wildman–Crippen MR) is 141 cm³/mol.